The first kappa shape index (κ1) is 18.6. The van der Waals surface area contributed by atoms with E-state index in [-0.39, 0.29) is 18.1 Å². The van der Waals surface area contributed by atoms with E-state index in [0.29, 0.717) is 35.0 Å². The molecular formula is C22H19FN4O2. The molecule has 7 heteroatoms. The number of nitrogens with one attached hydrogen (secondary N) is 2. The molecule has 6 nitrogen and oxygen atoms in total. The van der Waals surface area contributed by atoms with Gasteiger partial charge < -0.3 is 9.73 Å². The molecule has 2 aromatic carbocycles. The normalized spacial score (nSPS) is 10.8. The van der Waals surface area contributed by atoms with E-state index in [4.69, 9.17) is 4.42 Å². The summed E-state index contributed by atoms with van der Waals surface area (Å²) in [6.07, 6.45) is 0.681. The van der Waals surface area contributed by atoms with Crippen molar-refractivity contribution in [2.45, 2.75) is 19.8 Å². The molecule has 0 aliphatic carbocycles. The lowest BCUT2D eigenvalue weighted by Crippen LogP contribution is -2.12. The molecule has 0 fully saturated rings. The third-order valence-corrected chi connectivity index (χ3v) is 4.42. The highest BCUT2D eigenvalue weighted by molar-refractivity contribution is 5.91. The van der Waals surface area contributed by atoms with E-state index in [1.165, 1.54) is 6.07 Å². The Kier molecular flexibility index (Phi) is 5.20. The largest absolute Gasteiger partial charge is 0.461 e. The van der Waals surface area contributed by atoms with Crippen LogP contribution in [0.4, 0.5) is 10.1 Å². The van der Waals surface area contributed by atoms with Crippen molar-refractivity contribution in [2.75, 3.05) is 5.32 Å². The number of hydrogen-bond acceptors (Lipinski definition) is 4. The summed E-state index contributed by atoms with van der Waals surface area (Å²) in [5.74, 6) is 1.98. The van der Waals surface area contributed by atoms with Gasteiger partial charge in [-0.3, -0.25) is 9.89 Å². The molecular weight excluding hydrogens is 371 g/mol. The van der Waals surface area contributed by atoms with Gasteiger partial charge in [-0.25, -0.2) is 9.37 Å². The highest BCUT2D eigenvalue weighted by atomic mass is 19.1. The van der Waals surface area contributed by atoms with Crippen molar-refractivity contribution in [3.8, 4) is 22.7 Å². The molecule has 2 N–H and O–H groups in total. The van der Waals surface area contributed by atoms with Crippen LogP contribution in [-0.2, 0) is 11.2 Å². The molecule has 29 heavy (non-hydrogen) atoms. The number of halogens is 1. The number of H-pyrrole nitrogens is 1. The Balaban J connectivity index is 1.33. The zero-order valence-electron chi connectivity index (χ0n) is 15.8. The molecule has 0 aliphatic rings. The summed E-state index contributed by atoms with van der Waals surface area (Å²) in [6, 6.07) is 17.2. The summed E-state index contributed by atoms with van der Waals surface area (Å²) in [5, 5.41) is 9.77. The number of benzene rings is 2. The van der Waals surface area contributed by atoms with Crippen molar-refractivity contribution in [2.24, 2.45) is 0 Å². The van der Waals surface area contributed by atoms with Crippen molar-refractivity contribution in [3.63, 3.8) is 0 Å². The number of carbonyl (C=O) groups is 1. The number of amides is 1. The van der Waals surface area contributed by atoms with Gasteiger partial charge >= 0.3 is 0 Å². The fourth-order valence-electron chi connectivity index (χ4n) is 2.95. The van der Waals surface area contributed by atoms with Crippen molar-refractivity contribution in [3.05, 3.63) is 78.1 Å². The monoisotopic (exact) mass is 390 g/mol. The first-order valence-electron chi connectivity index (χ1n) is 9.21. The number of anilines is 1. The molecule has 0 saturated carbocycles. The van der Waals surface area contributed by atoms with Crippen LogP contribution in [0.3, 0.4) is 0 Å². The maximum Gasteiger partial charge on any atom is 0.224 e. The van der Waals surface area contributed by atoms with Crippen LogP contribution in [0.5, 0.6) is 0 Å². The van der Waals surface area contributed by atoms with Crippen LogP contribution in [-0.4, -0.2) is 21.1 Å². The second-order valence-electron chi connectivity index (χ2n) is 6.62. The summed E-state index contributed by atoms with van der Waals surface area (Å²) in [4.78, 5) is 16.5. The minimum atomic E-state index is -0.338. The summed E-state index contributed by atoms with van der Waals surface area (Å²) in [5.41, 5.74) is 1.96. The zero-order chi connectivity index (χ0) is 20.2. The predicted octanol–water partition coefficient (Wildman–Crippen LogP) is 4.75. The molecule has 0 bridgehead atoms. The maximum atomic E-state index is 13.8. The van der Waals surface area contributed by atoms with Gasteiger partial charge in [-0.1, -0.05) is 12.1 Å². The van der Waals surface area contributed by atoms with Crippen molar-refractivity contribution in [1.82, 2.24) is 15.2 Å². The molecule has 0 saturated heterocycles. The topological polar surface area (TPSA) is 83.8 Å². The first-order chi connectivity index (χ1) is 14.1. The van der Waals surface area contributed by atoms with Gasteiger partial charge in [0.15, 0.2) is 5.82 Å². The number of carbonyl (C=O) groups excluding carboxylic acids is 1. The molecule has 0 atom stereocenters. The number of hydrogen-bond donors (Lipinski definition) is 2. The zero-order valence-corrected chi connectivity index (χ0v) is 15.8. The van der Waals surface area contributed by atoms with E-state index in [9.17, 15) is 9.18 Å². The van der Waals surface area contributed by atoms with Crippen LogP contribution in [0, 0.1) is 12.7 Å². The average molecular weight is 390 g/mol. The number of aromatic nitrogens is 3. The molecule has 0 unspecified atom stereocenters. The van der Waals surface area contributed by atoms with E-state index in [1.807, 2.05) is 31.2 Å². The maximum absolute atomic E-state index is 13.8. The summed E-state index contributed by atoms with van der Waals surface area (Å²) in [7, 11) is 0. The summed E-state index contributed by atoms with van der Waals surface area (Å²) >= 11 is 0. The number of nitrogens with zero attached hydrogens (tertiary/aromatic N) is 2. The Morgan fingerprint density at radius 2 is 1.90 bits per heavy atom. The lowest BCUT2D eigenvalue weighted by molar-refractivity contribution is -0.116. The van der Waals surface area contributed by atoms with Gasteiger partial charge in [-0.15, -0.1) is 0 Å². The highest BCUT2D eigenvalue weighted by Crippen LogP contribution is 2.25. The van der Waals surface area contributed by atoms with E-state index >= 15 is 0 Å². The quantitative estimate of drug-likeness (QED) is 0.498. The molecule has 0 radical (unpaired) electrons. The van der Waals surface area contributed by atoms with Crippen molar-refractivity contribution >= 4 is 11.6 Å². The van der Waals surface area contributed by atoms with Gasteiger partial charge in [0.25, 0.3) is 0 Å². The third kappa shape index (κ3) is 4.40. The Morgan fingerprint density at radius 3 is 2.62 bits per heavy atom. The molecule has 2 heterocycles. The fraction of sp³-hybridized carbons (Fsp3) is 0.136. The summed E-state index contributed by atoms with van der Waals surface area (Å²) in [6.45, 7) is 1.84. The van der Waals surface area contributed by atoms with Crippen LogP contribution in [0.15, 0.2) is 65.1 Å². The Hall–Kier alpha value is -3.74. The van der Waals surface area contributed by atoms with Gasteiger partial charge in [-0.2, -0.15) is 5.10 Å². The van der Waals surface area contributed by atoms with Crippen molar-refractivity contribution in [1.29, 1.82) is 0 Å². The minimum absolute atomic E-state index is 0.129. The smallest absolute Gasteiger partial charge is 0.224 e. The van der Waals surface area contributed by atoms with Gasteiger partial charge in [0.1, 0.15) is 23.2 Å². The van der Waals surface area contributed by atoms with E-state index in [1.54, 1.807) is 30.3 Å². The number of aromatic amines is 1. The average Bonchev–Trinajstić information content (AvgIpc) is 3.37. The standard InChI is InChI=1S/C22H19FN4O2/c1-14-24-22(27-26-14)15-6-8-16(9-7-15)25-21(28)13-11-17-10-12-20(29-17)18-4-2-3-5-19(18)23/h2-10,12H,11,13H2,1H3,(H,25,28)(H,24,26,27). The molecule has 4 aromatic rings. The molecule has 1 amide bonds. The SMILES string of the molecule is Cc1nc(-c2ccc(NC(=O)CCc3ccc(-c4ccccc4F)o3)cc2)n[nH]1. The van der Waals surface area contributed by atoms with Crippen LogP contribution in [0.25, 0.3) is 22.7 Å². The Morgan fingerprint density at radius 1 is 1.10 bits per heavy atom. The number of furan rings is 1. The Labute approximate surface area is 166 Å². The summed E-state index contributed by atoms with van der Waals surface area (Å²) < 4.78 is 19.5. The second-order valence-corrected chi connectivity index (χ2v) is 6.62. The third-order valence-electron chi connectivity index (χ3n) is 4.42. The van der Waals surface area contributed by atoms with E-state index < -0.39 is 0 Å². The number of rotatable bonds is 6. The fourth-order valence-corrected chi connectivity index (χ4v) is 2.95. The van der Waals surface area contributed by atoms with Crippen molar-refractivity contribution < 1.29 is 13.6 Å². The second kappa shape index (κ2) is 8.10. The lowest BCUT2D eigenvalue weighted by atomic mass is 10.1. The van der Waals surface area contributed by atoms with Crippen LogP contribution < -0.4 is 5.32 Å². The van der Waals surface area contributed by atoms with Gasteiger partial charge in [0, 0.05) is 24.1 Å². The molecule has 146 valence electrons. The van der Waals surface area contributed by atoms with E-state index in [2.05, 4.69) is 20.5 Å². The minimum Gasteiger partial charge on any atom is -0.461 e. The lowest BCUT2D eigenvalue weighted by Gasteiger charge is -2.05. The molecule has 4 rings (SSSR count). The Bertz CT molecular complexity index is 1130. The number of aryl methyl sites for hydroxylation is 2. The van der Waals surface area contributed by atoms with E-state index in [0.717, 1.165) is 11.4 Å². The van der Waals surface area contributed by atoms with Gasteiger partial charge in [0.2, 0.25) is 5.91 Å². The molecule has 2 aromatic heterocycles. The molecule has 0 spiro atoms. The van der Waals surface area contributed by atoms with Gasteiger partial charge in [-0.05, 0) is 55.5 Å². The molecule has 0 aliphatic heterocycles. The van der Waals surface area contributed by atoms with Gasteiger partial charge in [0.05, 0.1) is 5.56 Å². The highest BCUT2D eigenvalue weighted by Gasteiger charge is 2.11. The predicted molar refractivity (Wildman–Crippen MR) is 108 cm³/mol. The van der Waals surface area contributed by atoms with Crippen LogP contribution >= 0.6 is 0 Å². The van der Waals surface area contributed by atoms with Crippen LogP contribution in [0.2, 0.25) is 0 Å². The first-order valence-corrected chi connectivity index (χ1v) is 9.21. The van der Waals surface area contributed by atoms with Crippen LogP contribution in [0.1, 0.15) is 18.0 Å².